The van der Waals surface area contributed by atoms with Crippen molar-refractivity contribution in [2.75, 3.05) is 22.9 Å². The molecule has 0 saturated carbocycles. The van der Waals surface area contributed by atoms with Crippen LogP contribution in [0.3, 0.4) is 0 Å². The van der Waals surface area contributed by atoms with Gasteiger partial charge in [0.25, 0.3) is 17.5 Å². The van der Waals surface area contributed by atoms with Crippen LogP contribution in [0, 0.1) is 21.4 Å². The number of anilines is 2. The highest BCUT2D eigenvalue weighted by molar-refractivity contribution is 8.00. The lowest BCUT2D eigenvalue weighted by atomic mass is 10.0. The number of hydrogen-bond acceptors (Lipinski definition) is 9. The molecule has 0 atom stereocenters. The number of thiophene rings is 1. The Kier molecular flexibility index (Phi) is 10.6. The van der Waals surface area contributed by atoms with Crippen molar-refractivity contribution < 1.29 is 24.1 Å². The number of carbonyl (C=O) groups excluding carboxylic acids is 4. The highest BCUT2D eigenvalue weighted by atomic mass is 32.2. The number of amides is 4. The van der Waals surface area contributed by atoms with Crippen LogP contribution in [0.15, 0.2) is 89.5 Å². The molecule has 0 unspecified atom stereocenters. The highest BCUT2D eigenvalue weighted by Gasteiger charge is 2.26. The van der Waals surface area contributed by atoms with Crippen molar-refractivity contribution in [3.8, 4) is 6.07 Å². The Morgan fingerprint density at radius 1 is 1.04 bits per heavy atom. The van der Waals surface area contributed by atoms with Crippen LogP contribution >= 0.6 is 23.1 Å². The predicted molar refractivity (Wildman–Crippen MR) is 183 cm³/mol. The van der Waals surface area contributed by atoms with E-state index >= 15 is 0 Å². The van der Waals surface area contributed by atoms with E-state index in [1.54, 1.807) is 65.6 Å². The van der Waals surface area contributed by atoms with Crippen LogP contribution in [-0.2, 0) is 27.3 Å². The molecule has 0 radical (unpaired) electrons. The van der Waals surface area contributed by atoms with E-state index in [2.05, 4.69) is 22.0 Å². The van der Waals surface area contributed by atoms with Crippen molar-refractivity contribution in [1.82, 2.24) is 10.2 Å². The molecule has 5 rings (SSSR count). The molecule has 3 aromatic carbocycles. The van der Waals surface area contributed by atoms with Crippen molar-refractivity contribution in [2.24, 2.45) is 0 Å². The number of hydrogen-bond donors (Lipinski definition) is 3. The highest BCUT2D eigenvalue weighted by Crippen LogP contribution is 2.37. The third-order valence-electron chi connectivity index (χ3n) is 7.29. The number of nitro groups is 1. The van der Waals surface area contributed by atoms with Gasteiger partial charge in [-0.15, -0.1) is 23.1 Å². The summed E-state index contributed by atoms with van der Waals surface area (Å²) in [5.41, 5.74) is 1.61. The monoisotopic (exact) mass is 680 g/mol. The molecule has 14 heteroatoms. The summed E-state index contributed by atoms with van der Waals surface area (Å²) in [5.74, 6) is -1.65. The van der Waals surface area contributed by atoms with E-state index in [1.807, 2.05) is 0 Å². The SMILES string of the molecule is CC(=O)N1CCc2c(sc(NC(=O)CSc3cccc(NC(=O)/C(=C\c4ccccc4[N+](=O)[O-])NC(=O)c4ccccc4)c3)c2C#N)C1. The van der Waals surface area contributed by atoms with Crippen LogP contribution in [0.1, 0.15) is 38.8 Å². The van der Waals surface area contributed by atoms with E-state index in [-0.39, 0.29) is 40.1 Å². The van der Waals surface area contributed by atoms with Gasteiger partial charge in [-0.2, -0.15) is 5.26 Å². The van der Waals surface area contributed by atoms with Gasteiger partial charge in [-0.1, -0.05) is 36.4 Å². The largest absolute Gasteiger partial charge is 0.337 e. The molecule has 3 N–H and O–H groups in total. The summed E-state index contributed by atoms with van der Waals surface area (Å²) in [5, 5.41) is 29.9. The Balaban J connectivity index is 1.28. The molecule has 1 aromatic heterocycles. The summed E-state index contributed by atoms with van der Waals surface area (Å²) in [6.45, 7) is 2.43. The lowest BCUT2D eigenvalue weighted by Gasteiger charge is -2.25. The van der Waals surface area contributed by atoms with Gasteiger partial charge >= 0.3 is 0 Å². The summed E-state index contributed by atoms with van der Waals surface area (Å²) in [6, 6.07) is 23.0. The van der Waals surface area contributed by atoms with Crippen LogP contribution < -0.4 is 16.0 Å². The number of para-hydroxylation sites is 1. The summed E-state index contributed by atoms with van der Waals surface area (Å²) >= 11 is 2.51. The number of nitriles is 1. The van der Waals surface area contributed by atoms with Gasteiger partial charge < -0.3 is 20.9 Å². The molecular weight excluding hydrogens is 653 g/mol. The molecule has 242 valence electrons. The summed E-state index contributed by atoms with van der Waals surface area (Å²) in [6.07, 6.45) is 1.79. The average Bonchev–Trinajstić information content (AvgIpc) is 3.43. The van der Waals surface area contributed by atoms with Crippen LogP contribution in [0.5, 0.6) is 0 Å². The van der Waals surface area contributed by atoms with E-state index in [4.69, 9.17) is 0 Å². The second-order valence-electron chi connectivity index (χ2n) is 10.5. The Labute approximate surface area is 283 Å². The maximum Gasteiger partial charge on any atom is 0.276 e. The lowest BCUT2D eigenvalue weighted by molar-refractivity contribution is -0.385. The van der Waals surface area contributed by atoms with Crippen LogP contribution in [0.2, 0.25) is 0 Å². The Morgan fingerprint density at radius 3 is 2.52 bits per heavy atom. The van der Waals surface area contributed by atoms with Crippen molar-refractivity contribution in [1.29, 1.82) is 5.26 Å². The second-order valence-corrected chi connectivity index (χ2v) is 12.7. The van der Waals surface area contributed by atoms with Gasteiger partial charge in [0.1, 0.15) is 16.8 Å². The van der Waals surface area contributed by atoms with E-state index in [1.165, 1.54) is 54.3 Å². The zero-order valence-electron chi connectivity index (χ0n) is 25.5. The number of nitro benzene ring substituents is 1. The van der Waals surface area contributed by atoms with Crippen molar-refractivity contribution in [3.05, 3.63) is 122 Å². The molecule has 0 spiro atoms. The smallest absolute Gasteiger partial charge is 0.276 e. The van der Waals surface area contributed by atoms with Crippen LogP contribution in [0.4, 0.5) is 16.4 Å². The summed E-state index contributed by atoms with van der Waals surface area (Å²) in [7, 11) is 0. The van der Waals surface area contributed by atoms with Gasteiger partial charge in [-0.25, -0.2) is 0 Å². The third kappa shape index (κ3) is 8.13. The number of rotatable bonds is 10. The Bertz CT molecular complexity index is 1990. The molecular formula is C34H28N6O6S2. The first kappa shape index (κ1) is 33.6. The maximum absolute atomic E-state index is 13.5. The van der Waals surface area contributed by atoms with Gasteiger partial charge in [0.15, 0.2) is 0 Å². The van der Waals surface area contributed by atoms with Crippen molar-refractivity contribution in [3.63, 3.8) is 0 Å². The minimum atomic E-state index is -0.716. The zero-order valence-corrected chi connectivity index (χ0v) is 27.2. The molecule has 0 fully saturated rings. The molecule has 0 aliphatic carbocycles. The number of nitrogens with zero attached hydrogens (tertiary/aromatic N) is 3. The second kappa shape index (κ2) is 15.2. The molecule has 0 bridgehead atoms. The first-order valence-corrected chi connectivity index (χ1v) is 16.4. The number of benzene rings is 3. The fourth-order valence-corrected chi connectivity index (χ4v) is 6.91. The fourth-order valence-electron chi connectivity index (χ4n) is 4.93. The van der Waals surface area contributed by atoms with E-state index in [0.29, 0.717) is 40.7 Å². The van der Waals surface area contributed by atoms with Crippen LogP contribution in [-0.4, -0.2) is 45.7 Å². The molecule has 48 heavy (non-hydrogen) atoms. The van der Waals surface area contributed by atoms with Gasteiger partial charge in [0.2, 0.25) is 11.8 Å². The summed E-state index contributed by atoms with van der Waals surface area (Å²) in [4.78, 5) is 65.4. The van der Waals surface area contributed by atoms with Gasteiger partial charge in [-0.3, -0.25) is 29.3 Å². The van der Waals surface area contributed by atoms with Gasteiger partial charge in [0.05, 0.1) is 28.3 Å². The molecule has 0 saturated heterocycles. The van der Waals surface area contributed by atoms with Gasteiger partial charge in [0, 0.05) is 40.6 Å². The quantitative estimate of drug-likeness (QED) is 0.0843. The topological polar surface area (TPSA) is 175 Å². The van der Waals surface area contributed by atoms with E-state index in [9.17, 15) is 34.6 Å². The number of carbonyl (C=O) groups is 4. The molecule has 4 amide bonds. The third-order valence-corrected chi connectivity index (χ3v) is 9.42. The molecule has 1 aliphatic rings. The van der Waals surface area contributed by atoms with Crippen molar-refractivity contribution in [2.45, 2.75) is 24.8 Å². The van der Waals surface area contributed by atoms with Gasteiger partial charge in [-0.05, 0) is 54.5 Å². The molecule has 1 aliphatic heterocycles. The minimum absolute atomic E-state index is 0.0143. The van der Waals surface area contributed by atoms with E-state index in [0.717, 1.165) is 10.4 Å². The zero-order chi connectivity index (χ0) is 34.2. The molecule has 2 heterocycles. The van der Waals surface area contributed by atoms with E-state index < -0.39 is 16.7 Å². The molecule has 12 nitrogen and oxygen atoms in total. The summed E-state index contributed by atoms with van der Waals surface area (Å²) < 4.78 is 0. The minimum Gasteiger partial charge on any atom is -0.337 e. The lowest BCUT2D eigenvalue weighted by Crippen LogP contribution is -2.33. The van der Waals surface area contributed by atoms with Crippen LogP contribution in [0.25, 0.3) is 6.08 Å². The normalized spacial score (nSPS) is 12.3. The number of fused-ring (bicyclic) bond motifs is 1. The number of thioether (sulfide) groups is 1. The Hall–Kier alpha value is -5.78. The average molecular weight is 681 g/mol. The predicted octanol–water partition coefficient (Wildman–Crippen LogP) is 5.57. The molecule has 4 aromatic rings. The Morgan fingerprint density at radius 2 is 1.79 bits per heavy atom. The van der Waals surface area contributed by atoms with Crippen molar-refractivity contribution >= 4 is 69.2 Å². The number of nitrogens with one attached hydrogen (secondary N) is 3. The fraction of sp³-hybridized carbons (Fsp3) is 0.147. The maximum atomic E-state index is 13.5. The standard InChI is InChI=1S/C34H28N6O6S2/c1-21(41)39-15-14-26-27(18-35)34(48-30(26)19-39)38-31(42)20-47-25-12-7-11-24(17-25)36-33(44)28(37-32(43)22-8-3-2-4-9-22)16-23-10-5-6-13-29(23)40(45)46/h2-13,16-17H,14-15,19-20H2,1H3,(H,36,44)(H,37,43)(H,38,42)/b28-16+. The first-order valence-electron chi connectivity index (χ1n) is 14.6. The first-order chi connectivity index (χ1) is 23.1.